The van der Waals surface area contributed by atoms with Crippen LogP contribution in [0.5, 0.6) is 0 Å². The minimum Gasteiger partial charge on any atom is -0.466 e. The second kappa shape index (κ2) is 7.10. The van der Waals surface area contributed by atoms with Gasteiger partial charge in [0.15, 0.2) is 0 Å². The quantitative estimate of drug-likeness (QED) is 0.590. The highest BCUT2D eigenvalue weighted by Crippen LogP contribution is 2.42. The van der Waals surface area contributed by atoms with Crippen molar-refractivity contribution in [2.24, 2.45) is 5.41 Å². The van der Waals surface area contributed by atoms with E-state index in [1.165, 1.54) is 19.3 Å². The number of morpholine rings is 1. The molecule has 1 aliphatic heterocycles. The van der Waals surface area contributed by atoms with Gasteiger partial charge in [-0.25, -0.2) is 0 Å². The lowest BCUT2D eigenvalue weighted by atomic mass is 9.81. The summed E-state index contributed by atoms with van der Waals surface area (Å²) >= 11 is 0. The molecule has 21 heavy (non-hydrogen) atoms. The zero-order valence-corrected chi connectivity index (χ0v) is 14.0. The van der Waals surface area contributed by atoms with Crippen LogP contribution < -0.4 is 0 Å². The summed E-state index contributed by atoms with van der Waals surface area (Å²) < 4.78 is 10.8. The fraction of sp³-hybridized carbons (Fsp3) is 0.941. The third-order valence-corrected chi connectivity index (χ3v) is 5.22. The molecule has 122 valence electrons. The van der Waals surface area contributed by atoms with Gasteiger partial charge >= 0.3 is 5.97 Å². The molecule has 0 amide bonds. The average molecular weight is 297 g/mol. The molecule has 1 saturated carbocycles. The molecule has 0 aromatic carbocycles. The molecule has 0 aromatic rings. The van der Waals surface area contributed by atoms with Crippen molar-refractivity contribution < 1.29 is 14.3 Å². The first kappa shape index (κ1) is 16.8. The van der Waals surface area contributed by atoms with Gasteiger partial charge in [-0.1, -0.05) is 20.3 Å². The molecule has 1 aliphatic carbocycles. The van der Waals surface area contributed by atoms with E-state index >= 15 is 0 Å². The van der Waals surface area contributed by atoms with Gasteiger partial charge in [0.25, 0.3) is 0 Å². The van der Waals surface area contributed by atoms with Crippen LogP contribution >= 0.6 is 0 Å². The Morgan fingerprint density at radius 3 is 2.52 bits per heavy atom. The summed E-state index contributed by atoms with van der Waals surface area (Å²) in [5, 5.41) is 0. The minimum atomic E-state index is -0.0382. The summed E-state index contributed by atoms with van der Waals surface area (Å²) in [6.07, 6.45) is 6.38. The molecule has 4 nitrogen and oxygen atoms in total. The summed E-state index contributed by atoms with van der Waals surface area (Å²) in [6.45, 7) is 10.5. The Labute approximate surface area is 129 Å². The molecule has 2 fully saturated rings. The van der Waals surface area contributed by atoms with Crippen molar-refractivity contribution in [3.05, 3.63) is 0 Å². The molecular formula is C17H31NO3. The third kappa shape index (κ3) is 4.43. The number of esters is 1. The topological polar surface area (TPSA) is 38.8 Å². The number of carbonyl (C=O) groups is 1. The first-order valence-corrected chi connectivity index (χ1v) is 8.46. The molecule has 2 rings (SSSR count). The zero-order chi connectivity index (χ0) is 15.3. The lowest BCUT2D eigenvalue weighted by Gasteiger charge is -2.45. The molecule has 0 N–H and O–H groups in total. The van der Waals surface area contributed by atoms with E-state index in [-0.39, 0.29) is 11.5 Å². The summed E-state index contributed by atoms with van der Waals surface area (Å²) in [5.41, 5.74) is 0.381. The van der Waals surface area contributed by atoms with Crippen LogP contribution in [0, 0.1) is 5.41 Å². The SMILES string of the molecule is CCOC(=O)CC1(N2CCOCC2)CCCC(C)(C)CC1. The Morgan fingerprint density at radius 1 is 1.14 bits per heavy atom. The van der Waals surface area contributed by atoms with Gasteiger partial charge in [0.05, 0.1) is 26.2 Å². The monoisotopic (exact) mass is 297 g/mol. The zero-order valence-electron chi connectivity index (χ0n) is 14.0. The molecule has 0 spiro atoms. The van der Waals surface area contributed by atoms with Crippen LogP contribution in [0.2, 0.25) is 0 Å². The van der Waals surface area contributed by atoms with E-state index in [1.54, 1.807) is 0 Å². The van der Waals surface area contributed by atoms with Crippen LogP contribution in [0.4, 0.5) is 0 Å². The van der Waals surface area contributed by atoms with Crippen molar-refractivity contribution in [2.45, 2.75) is 64.8 Å². The second-order valence-electron chi connectivity index (χ2n) is 7.32. The molecule has 1 saturated heterocycles. The van der Waals surface area contributed by atoms with E-state index < -0.39 is 0 Å². The van der Waals surface area contributed by atoms with E-state index in [1.807, 2.05) is 6.92 Å². The fourth-order valence-electron chi connectivity index (χ4n) is 3.84. The summed E-state index contributed by atoms with van der Waals surface area (Å²) in [5.74, 6) is -0.0382. The molecule has 1 atom stereocenters. The number of hydrogen-bond acceptors (Lipinski definition) is 4. The van der Waals surface area contributed by atoms with Gasteiger partial charge in [0.2, 0.25) is 0 Å². The van der Waals surface area contributed by atoms with E-state index in [2.05, 4.69) is 18.7 Å². The number of ether oxygens (including phenoxy) is 2. The summed E-state index contributed by atoms with van der Waals surface area (Å²) in [7, 11) is 0. The Morgan fingerprint density at radius 2 is 1.86 bits per heavy atom. The van der Waals surface area contributed by atoms with Crippen LogP contribution in [0.3, 0.4) is 0 Å². The first-order chi connectivity index (χ1) is 9.97. The highest BCUT2D eigenvalue weighted by molar-refractivity contribution is 5.71. The van der Waals surface area contributed by atoms with Crippen LogP contribution in [0.25, 0.3) is 0 Å². The predicted molar refractivity (Wildman–Crippen MR) is 83.2 cm³/mol. The third-order valence-electron chi connectivity index (χ3n) is 5.22. The number of carbonyl (C=O) groups excluding carboxylic acids is 1. The van der Waals surface area contributed by atoms with E-state index in [4.69, 9.17) is 9.47 Å². The fourth-order valence-corrected chi connectivity index (χ4v) is 3.84. The molecule has 0 aromatic heterocycles. The highest BCUT2D eigenvalue weighted by atomic mass is 16.5. The van der Waals surface area contributed by atoms with Gasteiger partial charge in [-0.3, -0.25) is 9.69 Å². The number of hydrogen-bond donors (Lipinski definition) is 0. The normalized spacial score (nSPS) is 30.6. The van der Waals surface area contributed by atoms with Crippen molar-refractivity contribution in [3.8, 4) is 0 Å². The van der Waals surface area contributed by atoms with Gasteiger partial charge in [0.1, 0.15) is 0 Å². The van der Waals surface area contributed by atoms with Crippen molar-refractivity contribution in [1.29, 1.82) is 0 Å². The van der Waals surface area contributed by atoms with Gasteiger partial charge in [-0.05, 0) is 38.0 Å². The number of rotatable bonds is 4. The lowest BCUT2D eigenvalue weighted by molar-refractivity contribution is -0.148. The highest BCUT2D eigenvalue weighted by Gasteiger charge is 2.42. The maximum absolute atomic E-state index is 12.2. The van der Waals surface area contributed by atoms with Crippen molar-refractivity contribution in [1.82, 2.24) is 4.90 Å². The number of nitrogens with zero attached hydrogens (tertiary/aromatic N) is 1. The van der Waals surface area contributed by atoms with E-state index in [0.717, 1.165) is 39.1 Å². The molecule has 1 unspecified atom stereocenters. The van der Waals surface area contributed by atoms with Gasteiger partial charge in [0, 0.05) is 18.6 Å². The minimum absolute atomic E-state index is 0.0101. The summed E-state index contributed by atoms with van der Waals surface area (Å²) in [4.78, 5) is 14.7. The van der Waals surface area contributed by atoms with Crippen LogP contribution in [-0.2, 0) is 14.3 Å². The van der Waals surface area contributed by atoms with Gasteiger partial charge < -0.3 is 9.47 Å². The molecule has 2 aliphatic rings. The van der Waals surface area contributed by atoms with Crippen LogP contribution in [0.15, 0.2) is 0 Å². The van der Waals surface area contributed by atoms with Gasteiger partial charge in [-0.2, -0.15) is 0 Å². The largest absolute Gasteiger partial charge is 0.466 e. The van der Waals surface area contributed by atoms with Crippen molar-refractivity contribution in [3.63, 3.8) is 0 Å². The molecule has 1 heterocycles. The lowest BCUT2D eigenvalue weighted by Crippen LogP contribution is -2.54. The average Bonchev–Trinajstić information content (AvgIpc) is 2.60. The maximum atomic E-state index is 12.2. The first-order valence-electron chi connectivity index (χ1n) is 8.46. The second-order valence-corrected chi connectivity index (χ2v) is 7.32. The van der Waals surface area contributed by atoms with E-state index in [0.29, 0.717) is 18.4 Å². The standard InChI is InChI=1S/C17H31NO3/c1-4-21-15(19)14-17(18-10-12-20-13-11-18)7-5-6-16(2,3)8-9-17/h4-14H2,1-3H3. The summed E-state index contributed by atoms with van der Waals surface area (Å²) in [6, 6.07) is 0. The maximum Gasteiger partial charge on any atom is 0.307 e. The van der Waals surface area contributed by atoms with Crippen molar-refractivity contribution >= 4 is 5.97 Å². The van der Waals surface area contributed by atoms with E-state index in [9.17, 15) is 4.79 Å². The van der Waals surface area contributed by atoms with Gasteiger partial charge in [-0.15, -0.1) is 0 Å². The Balaban J connectivity index is 2.14. The molecule has 0 bridgehead atoms. The van der Waals surface area contributed by atoms with Crippen LogP contribution in [-0.4, -0.2) is 49.3 Å². The smallest absolute Gasteiger partial charge is 0.307 e. The predicted octanol–water partition coefficient (Wildman–Crippen LogP) is 3.00. The Kier molecular flexibility index (Phi) is 5.67. The van der Waals surface area contributed by atoms with Crippen LogP contribution in [0.1, 0.15) is 59.3 Å². The molecule has 0 radical (unpaired) electrons. The Bertz CT molecular complexity index is 350. The molecule has 4 heteroatoms. The van der Waals surface area contributed by atoms with Crippen molar-refractivity contribution in [2.75, 3.05) is 32.9 Å². The Hall–Kier alpha value is -0.610. The molecular weight excluding hydrogens is 266 g/mol.